The van der Waals surface area contributed by atoms with Gasteiger partial charge in [-0.15, -0.1) is 0 Å². The lowest BCUT2D eigenvalue weighted by Gasteiger charge is -2.34. The van der Waals surface area contributed by atoms with Gasteiger partial charge in [-0.05, 0) is 74.8 Å². The van der Waals surface area contributed by atoms with E-state index in [1.807, 2.05) is 26.0 Å². The Bertz CT molecular complexity index is 1150. The van der Waals surface area contributed by atoms with Crippen molar-refractivity contribution in [3.8, 4) is 0 Å². The molecule has 36 heavy (non-hydrogen) atoms. The van der Waals surface area contributed by atoms with E-state index >= 15 is 0 Å². The number of amidine groups is 1. The van der Waals surface area contributed by atoms with Crippen LogP contribution in [-0.4, -0.2) is 73.0 Å². The average Bonchev–Trinajstić information content (AvgIpc) is 3.13. The van der Waals surface area contributed by atoms with E-state index < -0.39 is 15.6 Å². The maximum absolute atomic E-state index is 13.2. The molecule has 2 amide bonds. The number of aryl methyl sites for hydroxylation is 2. The van der Waals surface area contributed by atoms with Crippen LogP contribution >= 0.6 is 0 Å². The predicted molar refractivity (Wildman–Crippen MR) is 136 cm³/mol. The van der Waals surface area contributed by atoms with Crippen LogP contribution in [0.1, 0.15) is 72.0 Å². The van der Waals surface area contributed by atoms with Crippen LogP contribution in [0.3, 0.4) is 0 Å². The second-order valence-electron chi connectivity index (χ2n) is 10.6. The summed E-state index contributed by atoms with van der Waals surface area (Å²) in [5.74, 6) is 0.913. The second-order valence-corrected chi connectivity index (χ2v) is 12.7. The molecule has 2 saturated heterocycles. The third-order valence-electron chi connectivity index (χ3n) is 8.25. The lowest BCUT2D eigenvalue weighted by molar-refractivity contribution is -0.207. The average molecular weight is 517 g/mol. The number of hydroxylamine groups is 2. The molecule has 1 spiro atoms. The molecule has 3 aliphatic heterocycles. The topological polar surface area (TPSA) is 108 Å². The van der Waals surface area contributed by atoms with Crippen LogP contribution in [0.4, 0.5) is 0 Å². The van der Waals surface area contributed by atoms with Gasteiger partial charge >= 0.3 is 0 Å². The highest BCUT2D eigenvalue weighted by Gasteiger charge is 2.48. The molecule has 1 aliphatic carbocycles. The summed E-state index contributed by atoms with van der Waals surface area (Å²) in [4.78, 5) is 35.3. The van der Waals surface area contributed by atoms with Gasteiger partial charge in [-0.1, -0.05) is 19.3 Å². The Morgan fingerprint density at radius 2 is 1.75 bits per heavy atom. The highest BCUT2D eigenvalue weighted by atomic mass is 32.2. The Kier molecular flexibility index (Phi) is 6.95. The van der Waals surface area contributed by atoms with E-state index in [0.717, 1.165) is 35.4 Å². The first-order valence-electron chi connectivity index (χ1n) is 13.1. The molecule has 1 aromatic rings. The first kappa shape index (κ1) is 25.4. The summed E-state index contributed by atoms with van der Waals surface area (Å²) >= 11 is 0. The molecule has 1 aromatic carbocycles. The zero-order valence-electron chi connectivity index (χ0n) is 21.2. The summed E-state index contributed by atoms with van der Waals surface area (Å²) in [6.07, 6.45) is 6.92. The van der Waals surface area contributed by atoms with Crippen LogP contribution in [0.25, 0.3) is 0 Å². The molecule has 1 saturated carbocycles. The number of hydrogen-bond acceptors (Lipinski definition) is 6. The molecule has 0 aromatic heterocycles. The van der Waals surface area contributed by atoms with E-state index in [1.54, 1.807) is 0 Å². The summed E-state index contributed by atoms with van der Waals surface area (Å²) in [7, 11) is -3.49. The molecule has 196 valence electrons. The lowest BCUT2D eigenvalue weighted by Crippen LogP contribution is -2.51. The van der Waals surface area contributed by atoms with E-state index in [0.29, 0.717) is 57.0 Å². The van der Waals surface area contributed by atoms with E-state index in [2.05, 4.69) is 5.32 Å². The molecule has 4 aliphatic rings. The molecule has 0 unspecified atom stereocenters. The van der Waals surface area contributed by atoms with Crippen LogP contribution in [0.15, 0.2) is 17.1 Å². The molecule has 0 radical (unpaired) electrons. The van der Waals surface area contributed by atoms with Crippen LogP contribution < -0.4 is 5.32 Å². The largest absolute Gasteiger partial charge is 0.312 e. The smallest absolute Gasteiger partial charge is 0.277 e. The molecule has 0 atom stereocenters. The summed E-state index contributed by atoms with van der Waals surface area (Å²) < 4.78 is 27.9. The van der Waals surface area contributed by atoms with Crippen LogP contribution in [0, 0.1) is 19.8 Å². The number of sulfonamides is 1. The Labute approximate surface area is 213 Å². The second kappa shape index (κ2) is 9.87. The molecule has 5 rings (SSSR count). The molecular weight excluding hydrogens is 480 g/mol. The maximum Gasteiger partial charge on any atom is 0.277 e. The van der Waals surface area contributed by atoms with Crippen molar-refractivity contribution in [3.63, 3.8) is 0 Å². The minimum Gasteiger partial charge on any atom is -0.312 e. The fraction of sp³-hybridized carbons (Fsp3) is 0.654. The van der Waals surface area contributed by atoms with Gasteiger partial charge in [-0.25, -0.2) is 17.8 Å². The van der Waals surface area contributed by atoms with E-state index in [1.165, 1.54) is 28.6 Å². The van der Waals surface area contributed by atoms with Crippen molar-refractivity contribution in [1.82, 2.24) is 14.7 Å². The Morgan fingerprint density at radius 1 is 1.11 bits per heavy atom. The summed E-state index contributed by atoms with van der Waals surface area (Å²) in [6, 6.07) is 3.62. The standard InChI is InChI=1S/C26H36N4O5S/c1-18-16-21(24(31)30-13-14-35-30)17-19(2)22(18)8-15-36(33,34)29-11-9-26(10-12-29)25(32)27-23(28-26)20-6-4-3-5-7-20/h16-17,20H,3-15H2,1-2H3,(H,27,28,32). The number of piperidine rings is 1. The van der Waals surface area contributed by atoms with E-state index in [-0.39, 0.29) is 17.6 Å². The Balaban J connectivity index is 1.21. The van der Waals surface area contributed by atoms with Crippen LogP contribution in [-0.2, 0) is 26.1 Å². The maximum atomic E-state index is 13.2. The molecule has 10 heteroatoms. The number of carbonyl (C=O) groups excluding carboxylic acids is 2. The predicted octanol–water partition coefficient (Wildman–Crippen LogP) is 2.51. The minimum atomic E-state index is -3.49. The summed E-state index contributed by atoms with van der Waals surface area (Å²) in [6.45, 7) is 5.57. The molecule has 1 N–H and O–H groups in total. The minimum absolute atomic E-state index is 0.00695. The third kappa shape index (κ3) is 4.82. The van der Waals surface area contributed by atoms with Crippen molar-refractivity contribution < 1.29 is 22.8 Å². The number of amides is 2. The monoisotopic (exact) mass is 516 g/mol. The lowest BCUT2D eigenvalue weighted by atomic mass is 9.88. The molecule has 3 heterocycles. The molecule has 9 nitrogen and oxygen atoms in total. The first-order chi connectivity index (χ1) is 17.2. The van der Waals surface area contributed by atoms with Crippen molar-refractivity contribution in [1.29, 1.82) is 0 Å². The van der Waals surface area contributed by atoms with Gasteiger partial charge in [-0.2, -0.15) is 0 Å². The number of carbonyl (C=O) groups is 2. The molecule has 0 bridgehead atoms. The number of aliphatic imine (C=N–C) groups is 1. The molecular formula is C26H36N4O5S. The van der Waals surface area contributed by atoms with Crippen molar-refractivity contribution in [3.05, 3.63) is 34.4 Å². The normalized spacial score (nSPS) is 22.9. The van der Waals surface area contributed by atoms with Crippen LogP contribution in [0.5, 0.6) is 0 Å². The number of benzene rings is 1. The quantitative estimate of drug-likeness (QED) is 0.625. The van der Waals surface area contributed by atoms with E-state index in [9.17, 15) is 18.0 Å². The molecule has 3 fully saturated rings. The Morgan fingerprint density at radius 3 is 2.33 bits per heavy atom. The van der Waals surface area contributed by atoms with Gasteiger partial charge < -0.3 is 5.32 Å². The third-order valence-corrected chi connectivity index (χ3v) is 10.1. The highest BCUT2D eigenvalue weighted by molar-refractivity contribution is 7.89. The zero-order valence-corrected chi connectivity index (χ0v) is 22.0. The Hall–Kier alpha value is -2.30. The fourth-order valence-corrected chi connectivity index (χ4v) is 7.40. The van der Waals surface area contributed by atoms with Crippen LogP contribution in [0.2, 0.25) is 0 Å². The number of nitrogens with zero attached hydrogens (tertiary/aromatic N) is 3. The van der Waals surface area contributed by atoms with Gasteiger partial charge in [0, 0.05) is 24.6 Å². The summed E-state index contributed by atoms with van der Waals surface area (Å²) in [5.41, 5.74) is 2.50. The van der Waals surface area contributed by atoms with Gasteiger partial charge in [-0.3, -0.25) is 19.4 Å². The SMILES string of the molecule is Cc1cc(C(=O)N2CCO2)cc(C)c1CCS(=O)(=O)N1CCC2(CC1)N=C(C1CCCCC1)NC2=O. The highest BCUT2D eigenvalue weighted by Crippen LogP contribution is 2.35. The number of rotatable bonds is 6. The van der Waals surface area contributed by atoms with Crippen molar-refractivity contribution in [2.75, 3.05) is 32.0 Å². The number of nitrogens with one attached hydrogen (secondary N) is 1. The van der Waals surface area contributed by atoms with Crippen molar-refractivity contribution >= 4 is 27.7 Å². The van der Waals surface area contributed by atoms with Gasteiger partial charge in [0.1, 0.15) is 11.4 Å². The summed E-state index contributed by atoms with van der Waals surface area (Å²) in [5, 5.41) is 4.37. The van der Waals surface area contributed by atoms with Gasteiger partial charge in [0.25, 0.3) is 11.8 Å². The van der Waals surface area contributed by atoms with Crippen molar-refractivity contribution in [2.45, 2.75) is 70.8 Å². The van der Waals surface area contributed by atoms with Gasteiger partial charge in [0.2, 0.25) is 10.0 Å². The first-order valence-corrected chi connectivity index (χ1v) is 14.7. The van der Waals surface area contributed by atoms with E-state index in [4.69, 9.17) is 9.83 Å². The number of hydrogen-bond donors (Lipinski definition) is 1. The van der Waals surface area contributed by atoms with Crippen molar-refractivity contribution in [2.24, 2.45) is 10.9 Å². The van der Waals surface area contributed by atoms with Gasteiger partial charge in [0.05, 0.1) is 18.9 Å². The zero-order chi connectivity index (χ0) is 25.5. The fourth-order valence-electron chi connectivity index (χ4n) is 5.94. The van der Waals surface area contributed by atoms with Gasteiger partial charge in [0.15, 0.2) is 0 Å².